The number of carbonyl (C=O) groups is 1. The zero-order chi connectivity index (χ0) is 16.4. The van der Waals surface area contributed by atoms with Gasteiger partial charge in [0.2, 0.25) is 0 Å². The van der Waals surface area contributed by atoms with E-state index in [0.717, 1.165) is 12.1 Å². The molecule has 0 atom stereocenters. The van der Waals surface area contributed by atoms with Crippen molar-refractivity contribution in [2.45, 2.75) is 19.4 Å². The summed E-state index contributed by atoms with van der Waals surface area (Å²) in [5.41, 5.74) is 2.39. The van der Waals surface area contributed by atoms with Gasteiger partial charge in [-0.3, -0.25) is 4.79 Å². The van der Waals surface area contributed by atoms with Crippen LogP contribution in [0.4, 0.5) is 8.78 Å². The fourth-order valence-electron chi connectivity index (χ4n) is 3.01. The van der Waals surface area contributed by atoms with Gasteiger partial charge in [-0.1, -0.05) is 0 Å². The largest absolute Gasteiger partial charge is 0.360 e. The highest BCUT2D eigenvalue weighted by Crippen LogP contribution is 2.34. The molecule has 0 fully saturated rings. The van der Waals surface area contributed by atoms with Crippen LogP contribution >= 0.6 is 0 Å². The van der Waals surface area contributed by atoms with E-state index in [2.05, 4.69) is 15.3 Å². The lowest BCUT2D eigenvalue weighted by molar-refractivity contribution is 0.0940. The number of hydrogen-bond donors (Lipinski definition) is 2. The third-order valence-corrected chi connectivity index (χ3v) is 4.16. The number of pyridine rings is 1. The normalized spacial score (nSPS) is 15.7. The summed E-state index contributed by atoms with van der Waals surface area (Å²) in [6.45, 7) is 3.75. The van der Waals surface area contributed by atoms with E-state index in [1.54, 1.807) is 18.3 Å². The van der Waals surface area contributed by atoms with Gasteiger partial charge < -0.3 is 10.3 Å². The number of aromatic nitrogens is 2. The monoisotopic (exact) mass is 313 g/mol. The Bertz CT molecular complexity index is 975. The van der Waals surface area contributed by atoms with E-state index in [-0.39, 0.29) is 5.91 Å². The Morgan fingerprint density at radius 3 is 2.61 bits per heavy atom. The maximum atomic E-state index is 13.6. The maximum absolute atomic E-state index is 13.6. The van der Waals surface area contributed by atoms with Gasteiger partial charge in [0.05, 0.1) is 22.5 Å². The number of H-pyrrole nitrogens is 1. The van der Waals surface area contributed by atoms with Crippen molar-refractivity contribution < 1.29 is 13.6 Å². The molecule has 2 aromatic heterocycles. The number of carbonyl (C=O) groups excluding carboxylic acids is 1. The second kappa shape index (κ2) is 4.38. The number of amides is 1. The van der Waals surface area contributed by atoms with Crippen LogP contribution in [0.15, 0.2) is 30.5 Å². The lowest BCUT2D eigenvalue weighted by atomic mass is 9.99. The Morgan fingerprint density at radius 1 is 1.09 bits per heavy atom. The fourth-order valence-corrected chi connectivity index (χ4v) is 3.01. The molecule has 4 rings (SSSR count). The summed E-state index contributed by atoms with van der Waals surface area (Å²) in [5, 5.41) is 3.41. The Morgan fingerprint density at radius 2 is 1.83 bits per heavy atom. The van der Waals surface area contributed by atoms with Gasteiger partial charge in [0, 0.05) is 28.7 Å². The SMILES string of the molecule is CC1(C)NC(=O)c2ccc(-c3c[nH]c4cc(F)c(F)cc34)nc21. The first kappa shape index (κ1) is 13.9. The van der Waals surface area contributed by atoms with Crippen molar-refractivity contribution in [1.29, 1.82) is 0 Å². The molecule has 4 nitrogen and oxygen atoms in total. The summed E-state index contributed by atoms with van der Waals surface area (Å²) in [6.07, 6.45) is 1.66. The molecule has 3 aromatic rings. The highest BCUT2D eigenvalue weighted by Gasteiger charge is 2.36. The zero-order valence-electron chi connectivity index (χ0n) is 12.5. The Hall–Kier alpha value is -2.76. The molecule has 0 saturated carbocycles. The van der Waals surface area contributed by atoms with E-state index in [4.69, 9.17) is 0 Å². The Balaban J connectivity index is 1.93. The van der Waals surface area contributed by atoms with E-state index >= 15 is 0 Å². The van der Waals surface area contributed by atoms with E-state index in [1.807, 2.05) is 13.8 Å². The minimum absolute atomic E-state index is 0.156. The minimum Gasteiger partial charge on any atom is -0.360 e. The third kappa shape index (κ3) is 1.94. The van der Waals surface area contributed by atoms with Gasteiger partial charge in [-0.15, -0.1) is 0 Å². The average molecular weight is 313 g/mol. The number of nitrogens with zero attached hydrogens (tertiary/aromatic N) is 1. The van der Waals surface area contributed by atoms with Crippen LogP contribution in [0.1, 0.15) is 29.9 Å². The van der Waals surface area contributed by atoms with Crippen molar-refractivity contribution >= 4 is 16.8 Å². The molecule has 1 amide bonds. The molecule has 0 saturated heterocycles. The Labute approximate surface area is 130 Å². The molecule has 23 heavy (non-hydrogen) atoms. The van der Waals surface area contributed by atoms with Crippen molar-refractivity contribution in [3.63, 3.8) is 0 Å². The van der Waals surface area contributed by atoms with Crippen LogP contribution in [0.3, 0.4) is 0 Å². The predicted molar refractivity (Wildman–Crippen MR) is 81.9 cm³/mol. The van der Waals surface area contributed by atoms with Crippen LogP contribution in [0.25, 0.3) is 22.2 Å². The molecular formula is C17H13F2N3O. The summed E-state index contributed by atoms with van der Waals surface area (Å²) in [5.74, 6) is -1.96. The molecule has 116 valence electrons. The second-order valence-electron chi connectivity index (χ2n) is 6.19. The first-order valence-electron chi connectivity index (χ1n) is 7.17. The number of fused-ring (bicyclic) bond motifs is 2. The van der Waals surface area contributed by atoms with Crippen LogP contribution < -0.4 is 5.32 Å². The molecule has 1 aliphatic heterocycles. The van der Waals surface area contributed by atoms with E-state index in [9.17, 15) is 13.6 Å². The standard InChI is InChI=1S/C17H13F2N3O/c1-17(2)15-8(16(23)22-17)3-4-13(21-15)10-7-20-14-6-12(19)11(18)5-9(10)14/h3-7,20H,1-2H3,(H,22,23). The fraction of sp³-hybridized carbons (Fsp3) is 0.176. The summed E-state index contributed by atoms with van der Waals surface area (Å²) in [7, 11) is 0. The van der Waals surface area contributed by atoms with Crippen LogP contribution in [-0.4, -0.2) is 15.9 Å². The summed E-state index contributed by atoms with van der Waals surface area (Å²) >= 11 is 0. The molecule has 2 N–H and O–H groups in total. The van der Waals surface area contributed by atoms with Crippen molar-refractivity contribution in [2.75, 3.05) is 0 Å². The van der Waals surface area contributed by atoms with Gasteiger partial charge in [-0.2, -0.15) is 0 Å². The number of aromatic amines is 1. The minimum atomic E-state index is -0.906. The van der Waals surface area contributed by atoms with Crippen LogP contribution in [-0.2, 0) is 5.54 Å². The number of nitrogens with one attached hydrogen (secondary N) is 2. The summed E-state index contributed by atoms with van der Waals surface area (Å²) < 4.78 is 26.9. The van der Waals surface area contributed by atoms with E-state index in [1.165, 1.54) is 0 Å². The second-order valence-corrected chi connectivity index (χ2v) is 6.19. The molecular weight excluding hydrogens is 300 g/mol. The van der Waals surface area contributed by atoms with Crippen molar-refractivity contribution in [3.05, 3.63) is 53.4 Å². The van der Waals surface area contributed by atoms with E-state index in [0.29, 0.717) is 33.4 Å². The highest BCUT2D eigenvalue weighted by atomic mass is 19.2. The van der Waals surface area contributed by atoms with Crippen LogP contribution in [0.5, 0.6) is 0 Å². The molecule has 0 radical (unpaired) electrons. The Kier molecular flexibility index (Phi) is 2.64. The van der Waals surface area contributed by atoms with Crippen LogP contribution in [0.2, 0.25) is 0 Å². The first-order chi connectivity index (χ1) is 10.9. The summed E-state index contributed by atoms with van der Waals surface area (Å²) in [6, 6.07) is 5.70. The van der Waals surface area contributed by atoms with Gasteiger partial charge in [0.25, 0.3) is 5.91 Å². The average Bonchev–Trinajstić information content (AvgIpc) is 2.98. The summed E-state index contributed by atoms with van der Waals surface area (Å²) in [4.78, 5) is 19.4. The lowest BCUT2D eigenvalue weighted by Crippen LogP contribution is -2.33. The third-order valence-electron chi connectivity index (χ3n) is 4.16. The maximum Gasteiger partial charge on any atom is 0.253 e. The number of rotatable bonds is 1. The number of hydrogen-bond acceptors (Lipinski definition) is 2. The highest BCUT2D eigenvalue weighted by molar-refractivity contribution is 6.00. The van der Waals surface area contributed by atoms with Crippen molar-refractivity contribution in [3.8, 4) is 11.3 Å². The molecule has 0 aliphatic carbocycles. The topological polar surface area (TPSA) is 57.8 Å². The molecule has 1 aromatic carbocycles. The predicted octanol–water partition coefficient (Wildman–Crippen LogP) is 3.49. The number of benzene rings is 1. The van der Waals surface area contributed by atoms with Gasteiger partial charge in [0.15, 0.2) is 11.6 Å². The lowest BCUT2D eigenvalue weighted by Gasteiger charge is -2.18. The van der Waals surface area contributed by atoms with Gasteiger partial charge >= 0.3 is 0 Å². The van der Waals surface area contributed by atoms with Crippen molar-refractivity contribution in [1.82, 2.24) is 15.3 Å². The number of halogens is 2. The van der Waals surface area contributed by atoms with Gasteiger partial charge in [0.1, 0.15) is 0 Å². The zero-order valence-corrected chi connectivity index (χ0v) is 12.5. The molecule has 0 spiro atoms. The molecule has 6 heteroatoms. The molecule has 1 aliphatic rings. The first-order valence-corrected chi connectivity index (χ1v) is 7.17. The van der Waals surface area contributed by atoms with Gasteiger partial charge in [-0.05, 0) is 32.0 Å². The molecule has 0 unspecified atom stereocenters. The van der Waals surface area contributed by atoms with E-state index < -0.39 is 17.2 Å². The van der Waals surface area contributed by atoms with Crippen LogP contribution in [0, 0.1) is 11.6 Å². The quantitative estimate of drug-likeness (QED) is 0.722. The van der Waals surface area contributed by atoms with Gasteiger partial charge in [-0.25, -0.2) is 13.8 Å². The smallest absolute Gasteiger partial charge is 0.253 e. The van der Waals surface area contributed by atoms with Crippen molar-refractivity contribution in [2.24, 2.45) is 0 Å². The molecule has 3 heterocycles. The molecule has 0 bridgehead atoms.